The van der Waals surface area contributed by atoms with Gasteiger partial charge in [0.05, 0.1) is 11.0 Å². The van der Waals surface area contributed by atoms with E-state index in [0.717, 1.165) is 45.2 Å². The van der Waals surface area contributed by atoms with Crippen LogP contribution in [0.5, 0.6) is 0 Å². The highest BCUT2D eigenvalue weighted by Crippen LogP contribution is 2.28. The van der Waals surface area contributed by atoms with E-state index in [1.54, 1.807) is 0 Å². The number of hydrogen-bond acceptors (Lipinski definition) is 3. The molecule has 104 valence electrons. The van der Waals surface area contributed by atoms with Crippen molar-refractivity contribution in [3.63, 3.8) is 0 Å². The van der Waals surface area contributed by atoms with E-state index in [0.29, 0.717) is 6.54 Å². The van der Waals surface area contributed by atoms with Gasteiger partial charge in [0, 0.05) is 13.1 Å². The van der Waals surface area contributed by atoms with E-state index >= 15 is 0 Å². The van der Waals surface area contributed by atoms with Gasteiger partial charge in [-0.05, 0) is 32.7 Å². The number of hydrogen-bond donors (Lipinski definition) is 3. The van der Waals surface area contributed by atoms with Gasteiger partial charge in [0.2, 0.25) is 5.91 Å². The maximum Gasteiger partial charge on any atom is 0.227 e. The minimum Gasteiger partial charge on any atom is -0.388 e. The number of rotatable bonds is 3. The van der Waals surface area contributed by atoms with Crippen molar-refractivity contribution in [2.24, 2.45) is 5.41 Å². The zero-order valence-corrected chi connectivity index (χ0v) is 11.4. The van der Waals surface area contributed by atoms with Crippen molar-refractivity contribution < 1.29 is 9.90 Å². The van der Waals surface area contributed by atoms with Gasteiger partial charge in [0.1, 0.15) is 0 Å². The van der Waals surface area contributed by atoms with Crippen LogP contribution in [0.25, 0.3) is 0 Å². The summed E-state index contributed by atoms with van der Waals surface area (Å²) in [6, 6.07) is 0. The summed E-state index contributed by atoms with van der Waals surface area (Å²) in [5, 5.41) is 16.7. The second kappa shape index (κ2) is 5.57. The van der Waals surface area contributed by atoms with Gasteiger partial charge in [0.15, 0.2) is 0 Å². The van der Waals surface area contributed by atoms with Gasteiger partial charge >= 0.3 is 0 Å². The van der Waals surface area contributed by atoms with Gasteiger partial charge in [-0.15, -0.1) is 0 Å². The molecule has 1 aliphatic heterocycles. The molecule has 0 aromatic rings. The predicted octanol–water partition coefficient (Wildman–Crippen LogP) is 1.19. The average molecular weight is 254 g/mol. The van der Waals surface area contributed by atoms with Crippen LogP contribution in [0.15, 0.2) is 0 Å². The van der Waals surface area contributed by atoms with Gasteiger partial charge in [-0.2, -0.15) is 0 Å². The fraction of sp³-hybridized carbons (Fsp3) is 0.929. The quantitative estimate of drug-likeness (QED) is 0.663. The average Bonchev–Trinajstić information content (AvgIpc) is 2.68. The van der Waals surface area contributed by atoms with Gasteiger partial charge in [-0.25, -0.2) is 0 Å². The summed E-state index contributed by atoms with van der Waals surface area (Å²) >= 11 is 0. The van der Waals surface area contributed by atoms with E-state index in [1.807, 2.05) is 6.92 Å². The lowest BCUT2D eigenvalue weighted by molar-refractivity contribution is -0.130. The third kappa shape index (κ3) is 3.23. The predicted molar refractivity (Wildman–Crippen MR) is 71.3 cm³/mol. The molecule has 1 saturated carbocycles. The molecule has 1 saturated heterocycles. The molecule has 1 heterocycles. The molecule has 3 N–H and O–H groups in total. The monoisotopic (exact) mass is 254 g/mol. The Kier molecular flexibility index (Phi) is 4.28. The van der Waals surface area contributed by atoms with Crippen LogP contribution >= 0.6 is 0 Å². The van der Waals surface area contributed by atoms with Crippen molar-refractivity contribution >= 4 is 5.91 Å². The van der Waals surface area contributed by atoms with E-state index in [4.69, 9.17) is 0 Å². The van der Waals surface area contributed by atoms with Gasteiger partial charge in [-0.1, -0.05) is 25.7 Å². The number of nitrogens with one attached hydrogen (secondary N) is 2. The van der Waals surface area contributed by atoms with Crippen molar-refractivity contribution in [2.45, 2.75) is 57.5 Å². The molecule has 0 spiro atoms. The van der Waals surface area contributed by atoms with Gasteiger partial charge in [0.25, 0.3) is 0 Å². The number of carbonyl (C=O) groups is 1. The fourth-order valence-electron chi connectivity index (χ4n) is 3.03. The topological polar surface area (TPSA) is 61.4 Å². The Labute approximate surface area is 110 Å². The van der Waals surface area contributed by atoms with Crippen LogP contribution in [0.4, 0.5) is 0 Å². The zero-order valence-electron chi connectivity index (χ0n) is 11.4. The number of amides is 1. The second-order valence-electron chi connectivity index (χ2n) is 6.31. The molecule has 0 bridgehead atoms. The maximum absolute atomic E-state index is 12.2. The highest BCUT2D eigenvalue weighted by atomic mass is 16.3. The van der Waals surface area contributed by atoms with Crippen molar-refractivity contribution in [1.82, 2.24) is 10.6 Å². The number of aliphatic hydroxyl groups is 1. The van der Waals surface area contributed by atoms with Crippen LogP contribution < -0.4 is 10.6 Å². The third-order valence-electron chi connectivity index (χ3n) is 4.53. The Morgan fingerprint density at radius 3 is 2.44 bits per heavy atom. The molecule has 4 nitrogen and oxygen atoms in total. The first-order chi connectivity index (χ1) is 8.54. The van der Waals surface area contributed by atoms with Gasteiger partial charge < -0.3 is 15.7 Å². The normalized spacial score (nSPS) is 31.9. The molecule has 2 rings (SSSR count). The van der Waals surface area contributed by atoms with Crippen LogP contribution in [-0.4, -0.2) is 36.2 Å². The first kappa shape index (κ1) is 13.8. The standard InChI is InChI=1S/C14H26N2O2/c1-13(8-9-15-10-13)12(17)16-11-14(18)6-4-2-3-5-7-14/h15,18H,2-11H2,1H3,(H,16,17). The Morgan fingerprint density at radius 1 is 1.22 bits per heavy atom. The summed E-state index contributed by atoms with van der Waals surface area (Å²) in [7, 11) is 0. The first-order valence-electron chi connectivity index (χ1n) is 7.26. The van der Waals surface area contributed by atoms with E-state index in [-0.39, 0.29) is 11.3 Å². The van der Waals surface area contributed by atoms with Crippen LogP contribution in [0.2, 0.25) is 0 Å². The van der Waals surface area contributed by atoms with E-state index < -0.39 is 5.60 Å². The Hall–Kier alpha value is -0.610. The van der Waals surface area contributed by atoms with Crippen molar-refractivity contribution in [3.05, 3.63) is 0 Å². The lowest BCUT2D eigenvalue weighted by Crippen LogP contribution is -2.48. The fourth-order valence-corrected chi connectivity index (χ4v) is 3.03. The van der Waals surface area contributed by atoms with Crippen LogP contribution in [0.1, 0.15) is 51.9 Å². The Bertz CT molecular complexity index is 290. The van der Waals surface area contributed by atoms with Crippen molar-refractivity contribution in [3.8, 4) is 0 Å². The molecule has 1 amide bonds. The van der Waals surface area contributed by atoms with Crippen LogP contribution in [-0.2, 0) is 4.79 Å². The maximum atomic E-state index is 12.2. The molecular weight excluding hydrogens is 228 g/mol. The summed E-state index contributed by atoms with van der Waals surface area (Å²) in [6.45, 7) is 4.08. The molecule has 0 aromatic heterocycles. The molecule has 18 heavy (non-hydrogen) atoms. The Morgan fingerprint density at radius 2 is 1.89 bits per heavy atom. The highest BCUT2D eigenvalue weighted by Gasteiger charge is 2.37. The van der Waals surface area contributed by atoms with E-state index in [9.17, 15) is 9.90 Å². The third-order valence-corrected chi connectivity index (χ3v) is 4.53. The molecule has 1 atom stereocenters. The molecule has 0 aromatic carbocycles. The molecule has 1 aliphatic carbocycles. The van der Waals surface area contributed by atoms with E-state index in [1.165, 1.54) is 12.8 Å². The Balaban J connectivity index is 1.84. The van der Waals surface area contributed by atoms with Crippen LogP contribution in [0.3, 0.4) is 0 Å². The summed E-state index contributed by atoms with van der Waals surface area (Å²) in [4.78, 5) is 12.2. The minimum absolute atomic E-state index is 0.0881. The molecular formula is C14H26N2O2. The minimum atomic E-state index is -0.672. The van der Waals surface area contributed by atoms with Crippen molar-refractivity contribution in [1.29, 1.82) is 0 Å². The molecule has 4 heteroatoms. The summed E-state index contributed by atoms with van der Waals surface area (Å²) in [6.07, 6.45) is 7.09. The second-order valence-corrected chi connectivity index (χ2v) is 6.31. The zero-order chi connectivity index (χ0) is 13.1. The largest absolute Gasteiger partial charge is 0.388 e. The number of carbonyl (C=O) groups excluding carboxylic acids is 1. The molecule has 2 aliphatic rings. The van der Waals surface area contributed by atoms with Gasteiger partial charge in [-0.3, -0.25) is 4.79 Å². The lowest BCUT2D eigenvalue weighted by atomic mass is 9.88. The van der Waals surface area contributed by atoms with Crippen LogP contribution in [0, 0.1) is 5.41 Å². The SMILES string of the molecule is CC1(C(=O)NCC2(O)CCCCCC2)CCNC1. The first-order valence-corrected chi connectivity index (χ1v) is 7.26. The lowest BCUT2D eigenvalue weighted by Gasteiger charge is -2.29. The molecule has 1 unspecified atom stereocenters. The highest BCUT2D eigenvalue weighted by molar-refractivity contribution is 5.82. The van der Waals surface area contributed by atoms with E-state index in [2.05, 4.69) is 10.6 Å². The summed E-state index contributed by atoms with van der Waals surface area (Å²) < 4.78 is 0. The molecule has 0 radical (unpaired) electrons. The summed E-state index contributed by atoms with van der Waals surface area (Å²) in [5.74, 6) is 0.0881. The summed E-state index contributed by atoms with van der Waals surface area (Å²) in [5.41, 5.74) is -0.963. The molecule has 2 fully saturated rings. The smallest absolute Gasteiger partial charge is 0.227 e. The van der Waals surface area contributed by atoms with Crippen molar-refractivity contribution in [2.75, 3.05) is 19.6 Å².